The summed E-state index contributed by atoms with van der Waals surface area (Å²) in [7, 11) is 2.00. The summed E-state index contributed by atoms with van der Waals surface area (Å²) in [6.45, 7) is 4.30. The summed E-state index contributed by atoms with van der Waals surface area (Å²) < 4.78 is 6.16. The van der Waals surface area contributed by atoms with Gasteiger partial charge in [0.2, 0.25) is 0 Å². The van der Waals surface area contributed by atoms with E-state index in [-0.39, 0.29) is 0 Å². The summed E-state index contributed by atoms with van der Waals surface area (Å²) in [5.41, 5.74) is 1.22. The summed E-state index contributed by atoms with van der Waals surface area (Å²) in [5, 5.41) is 3.30. The van der Waals surface area contributed by atoms with E-state index in [0.717, 1.165) is 11.7 Å². The van der Waals surface area contributed by atoms with Crippen LogP contribution in [-0.4, -0.2) is 19.2 Å². The predicted octanol–water partition coefficient (Wildman–Crippen LogP) is 2.76. The van der Waals surface area contributed by atoms with E-state index in [4.69, 9.17) is 4.74 Å². The number of hydrogen-bond donors (Lipinski definition) is 1. The van der Waals surface area contributed by atoms with Crippen LogP contribution in [0.25, 0.3) is 0 Å². The van der Waals surface area contributed by atoms with Crippen LogP contribution < -0.4 is 10.1 Å². The van der Waals surface area contributed by atoms with Crippen molar-refractivity contribution in [2.75, 3.05) is 7.05 Å². The lowest BCUT2D eigenvalue weighted by Gasteiger charge is -2.25. The summed E-state index contributed by atoms with van der Waals surface area (Å²) in [5.74, 6) is 1.77. The van der Waals surface area contributed by atoms with Gasteiger partial charge in [-0.05, 0) is 51.3 Å². The third kappa shape index (κ3) is 2.56. The van der Waals surface area contributed by atoms with Gasteiger partial charge in [-0.2, -0.15) is 0 Å². The van der Waals surface area contributed by atoms with Crippen molar-refractivity contribution in [1.82, 2.24) is 5.32 Å². The molecule has 0 bridgehead atoms. The largest absolute Gasteiger partial charge is 0.488 e. The van der Waals surface area contributed by atoms with Crippen molar-refractivity contribution in [2.24, 2.45) is 5.92 Å². The third-order valence-corrected chi connectivity index (χ3v) is 3.39. The minimum Gasteiger partial charge on any atom is -0.488 e. The monoisotopic (exact) mass is 219 g/mol. The normalized spacial score (nSPS) is 19.2. The zero-order valence-electron chi connectivity index (χ0n) is 10.4. The van der Waals surface area contributed by atoms with Gasteiger partial charge in [-0.3, -0.25) is 0 Å². The number of ether oxygens (including phenoxy) is 1. The summed E-state index contributed by atoms with van der Waals surface area (Å²) >= 11 is 0. The second kappa shape index (κ2) is 4.88. The molecule has 1 fully saturated rings. The zero-order chi connectivity index (χ0) is 11.5. The molecule has 2 heteroatoms. The Hall–Kier alpha value is -1.02. The molecule has 1 aromatic carbocycles. The molecule has 2 rings (SSSR count). The van der Waals surface area contributed by atoms with Crippen LogP contribution in [-0.2, 0) is 0 Å². The van der Waals surface area contributed by atoms with Crippen molar-refractivity contribution in [3.8, 4) is 5.75 Å². The molecule has 0 aliphatic heterocycles. The second-order valence-corrected chi connectivity index (χ2v) is 4.76. The minimum atomic E-state index is 0.311. The Morgan fingerprint density at radius 1 is 1.31 bits per heavy atom. The number of rotatable bonds is 5. The van der Waals surface area contributed by atoms with Gasteiger partial charge in [0.25, 0.3) is 0 Å². The van der Waals surface area contributed by atoms with Crippen molar-refractivity contribution >= 4 is 0 Å². The van der Waals surface area contributed by atoms with Crippen LogP contribution in [0.3, 0.4) is 0 Å². The molecule has 1 aromatic rings. The van der Waals surface area contributed by atoms with Crippen LogP contribution in [0.2, 0.25) is 0 Å². The topological polar surface area (TPSA) is 21.3 Å². The van der Waals surface area contributed by atoms with Crippen LogP contribution in [0.5, 0.6) is 5.75 Å². The molecule has 0 heterocycles. The van der Waals surface area contributed by atoms with E-state index >= 15 is 0 Å². The van der Waals surface area contributed by atoms with E-state index in [1.165, 1.54) is 18.4 Å². The highest BCUT2D eigenvalue weighted by atomic mass is 16.5. The van der Waals surface area contributed by atoms with E-state index in [2.05, 4.69) is 37.4 Å². The Balaban J connectivity index is 2.08. The van der Waals surface area contributed by atoms with Crippen molar-refractivity contribution in [1.29, 1.82) is 0 Å². The molecule has 1 aliphatic carbocycles. The quantitative estimate of drug-likeness (QED) is 0.822. The molecule has 0 amide bonds. The fourth-order valence-corrected chi connectivity index (χ4v) is 2.03. The molecule has 2 nitrogen and oxygen atoms in total. The fourth-order valence-electron chi connectivity index (χ4n) is 2.03. The highest BCUT2D eigenvalue weighted by Crippen LogP contribution is 2.36. The van der Waals surface area contributed by atoms with Crippen LogP contribution in [0.15, 0.2) is 24.3 Å². The van der Waals surface area contributed by atoms with Gasteiger partial charge in [-0.15, -0.1) is 0 Å². The van der Waals surface area contributed by atoms with Gasteiger partial charge >= 0.3 is 0 Å². The van der Waals surface area contributed by atoms with Crippen LogP contribution >= 0.6 is 0 Å². The Bertz CT molecular complexity index is 346. The zero-order valence-corrected chi connectivity index (χ0v) is 10.4. The van der Waals surface area contributed by atoms with Crippen LogP contribution in [0.1, 0.15) is 25.3 Å². The molecule has 0 saturated heterocycles. The van der Waals surface area contributed by atoms with Crippen LogP contribution in [0.4, 0.5) is 0 Å². The molecular weight excluding hydrogens is 198 g/mol. The first-order chi connectivity index (χ1) is 7.72. The summed E-state index contributed by atoms with van der Waals surface area (Å²) in [4.78, 5) is 0. The molecule has 16 heavy (non-hydrogen) atoms. The maximum absolute atomic E-state index is 6.16. The molecule has 1 N–H and O–H groups in total. The highest BCUT2D eigenvalue weighted by Gasteiger charge is 2.36. The van der Waals surface area contributed by atoms with Gasteiger partial charge in [-0.25, -0.2) is 0 Å². The van der Waals surface area contributed by atoms with Gasteiger partial charge in [0.15, 0.2) is 0 Å². The molecular formula is C14H21NO. The lowest BCUT2D eigenvalue weighted by molar-refractivity contribution is 0.141. The first kappa shape index (κ1) is 11.5. The highest BCUT2D eigenvalue weighted by molar-refractivity contribution is 5.32. The second-order valence-electron chi connectivity index (χ2n) is 4.76. The van der Waals surface area contributed by atoms with Gasteiger partial charge in [0.05, 0.1) is 0 Å². The predicted molar refractivity (Wildman–Crippen MR) is 66.8 cm³/mol. The fraction of sp³-hybridized carbons (Fsp3) is 0.571. The molecule has 0 aromatic heterocycles. The number of aryl methyl sites for hydroxylation is 1. The average Bonchev–Trinajstić information content (AvgIpc) is 3.11. The van der Waals surface area contributed by atoms with E-state index in [1.54, 1.807) is 0 Å². The van der Waals surface area contributed by atoms with E-state index in [0.29, 0.717) is 12.1 Å². The van der Waals surface area contributed by atoms with E-state index < -0.39 is 0 Å². The maximum Gasteiger partial charge on any atom is 0.122 e. The SMILES string of the molecule is CNC(C)C(Oc1ccccc1C)C1CC1. The molecule has 0 spiro atoms. The van der Waals surface area contributed by atoms with Gasteiger partial charge in [-0.1, -0.05) is 18.2 Å². The Morgan fingerprint density at radius 2 is 2.00 bits per heavy atom. The lowest BCUT2D eigenvalue weighted by atomic mass is 10.1. The number of nitrogens with one attached hydrogen (secondary N) is 1. The Kier molecular flexibility index (Phi) is 3.49. The Labute approximate surface area is 98.0 Å². The van der Waals surface area contributed by atoms with Gasteiger partial charge in [0, 0.05) is 6.04 Å². The lowest BCUT2D eigenvalue weighted by Crippen LogP contribution is -2.40. The first-order valence-corrected chi connectivity index (χ1v) is 6.12. The summed E-state index contributed by atoms with van der Waals surface area (Å²) in [6.07, 6.45) is 2.93. The third-order valence-electron chi connectivity index (χ3n) is 3.39. The molecule has 1 aliphatic rings. The smallest absolute Gasteiger partial charge is 0.122 e. The molecule has 0 radical (unpaired) electrons. The molecule has 1 saturated carbocycles. The molecule has 2 atom stereocenters. The summed E-state index contributed by atoms with van der Waals surface area (Å²) in [6, 6.07) is 8.66. The first-order valence-electron chi connectivity index (χ1n) is 6.12. The maximum atomic E-state index is 6.16. The Morgan fingerprint density at radius 3 is 2.56 bits per heavy atom. The average molecular weight is 219 g/mol. The van der Waals surface area contributed by atoms with E-state index in [1.807, 2.05) is 13.1 Å². The van der Waals surface area contributed by atoms with Gasteiger partial charge < -0.3 is 10.1 Å². The van der Waals surface area contributed by atoms with Gasteiger partial charge in [0.1, 0.15) is 11.9 Å². The van der Waals surface area contributed by atoms with Crippen LogP contribution in [0, 0.1) is 12.8 Å². The molecule has 2 unspecified atom stereocenters. The number of benzene rings is 1. The minimum absolute atomic E-state index is 0.311. The van der Waals surface area contributed by atoms with Crippen molar-refractivity contribution < 1.29 is 4.74 Å². The van der Waals surface area contributed by atoms with Crippen molar-refractivity contribution in [3.63, 3.8) is 0 Å². The molecule has 88 valence electrons. The number of hydrogen-bond acceptors (Lipinski definition) is 2. The number of para-hydroxylation sites is 1. The van der Waals surface area contributed by atoms with E-state index in [9.17, 15) is 0 Å². The number of likely N-dealkylation sites (N-methyl/N-ethyl adjacent to an activating group) is 1. The van der Waals surface area contributed by atoms with Crippen molar-refractivity contribution in [2.45, 2.75) is 38.8 Å². The van der Waals surface area contributed by atoms with Crippen molar-refractivity contribution in [3.05, 3.63) is 29.8 Å². The standard InChI is InChI=1S/C14H21NO/c1-10-6-4-5-7-13(10)16-14(11(2)15-3)12-8-9-12/h4-7,11-12,14-15H,8-9H2,1-3H3.